The van der Waals surface area contributed by atoms with Crippen LogP contribution in [0, 0.1) is 5.92 Å². The normalized spacial score (nSPS) is 15.6. The summed E-state index contributed by atoms with van der Waals surface area (Å²) >= 11 is 3.43. The molecule has 1 aliphatic carbocycles. The number of Topliss-reactive ketones (excluding diaryl/α,β-unsaturated/α-hetero) is 1. The van der Waals surface area contributed by atoms with E-state index in [2.05, 4.69) is 21.0 Å². The van der Waals surface area contributed by atoms with Gasteiger partial charge in [0, 0.05) is 22.8 Å². The van der Waals surface area contributed by atoms with Crippen molar-refractivity contribution in [2.24, 2.45) is 13.0 Å². The summed E-state index contributed by atoms with van der Waals surface area (Å²) in [5, 5.41) is 5.29. The highest BCUT2D eigenvalue weighted by molar-refractivity contribution is 9.10. The van der Waals surface area contributed by atoms with Crippen LogP contribution in [0.4, 0.5) is 0 Å². The van der Waals surface area contributed by atoms with Gasteiger partial charge < -0.3 is 0 Å². The molecule has 1 fully saturated rings. The van der Waals surface area contributed by atoms with E-state index in [4.69, 9.17) is 0 Å². The van der Waals surface area contributed by atoms with Crippen molar-refractivity contribution in [2.45, 2.75) is 12.8 Å². The van der Waals surface area contributed by atoms with Crippen molar-refractivity contribution in [2.75, 3.05) is 0 Å². The Bertz CT molecular complexity index is 584. The number of hydrogen-bond acceptors (Lipinski definition) is 2. The molecule has 0 bridgehead atoms. The van der Waals surface area contributed by atoms with Crippen molar-refractivity contribution in [1.82, 2.24) is 9.78 Å². The second-order valence-corrected chi connectivity index (χ2v) is 5.19. The fourth-order valence-electron chi connectivity index (χ4n) is 1.96. The number of nitrogens with zero attached hydrogens (tertiary/aromatic N) is 2. The largest absolute Gasteiger partial charge is 0.292 e. The van der Waals surface area contributed by atoms with E-state index in [-0.39, 0.29) is 11.7 Å². The minimum Gasteiger partial charge on any atom is -0.292 e. The molecule has 82 valence electrons. The fraction of sp³-hybridized carbons (Fsp3) is 0.333. The third-order valence-electron chi connectivity index (χ3n) is 2.99. The topological polar surface area (TPSA) is 34.9 Å². The third-order valence-corrected chi connectivity index (χ3v) is 3.49. The number of aromatic nitrogens is 2. The summed E-state index contributed by atoms with van der Waals surface area (Å²) in [5.41, 5.74) is 1.63. The summed E-state index contributed by atoms with van der Waals surface area (Å²) in [7, 11) is 1.87. The van der Waals surface area contributed by atoms with Gasteiger partial charge in [0.2, 0.25) is 0 Å². The van der Waals surface area contributed by atoms with E-state index < -0.39 is 0 Å². The lowest BCUT2D eigenvalue weighted by Gasteiger charge is -1.95. The van der Waals surface area contributed by atoms with E-state index in [1.807, 2.05) is 25.2 Å². The molecule has 0 N–H and O–H groups in total. The van der Waals surface area contributed by atoms with Gasteiger partial charge in [-0.25, -0.2) is 0 Å². The van der Waals surface area contributed by atoms with Gasteiger partial charge in [0.15, 0.2) is 5.78 Å². The first-order valence-electron chi connectivity index (χ1n) is 5.33. The monoisotopic (exact) mass is 278 g/mol. The second kappa shape index (κ2) is 3.42. The molecule has 0 aliphatic heterocycles. The number of hydrogen-bond donors (Lipinski definition) is 0. The number of rotatable bonds is 2. The SMILES string of the molecule is Cn1nc(C(=O)C2CC2)c2cc(Br)ccc21. The lowest BCUT2D eigenvalue weighted by molar-refractivity contribution is 0.0963. The molecule has 1 heterocycles. The highest BCUT2D eigenvalue weighted by Gasteiger charge is 2.33. The number of benzene rings is 1. The molecule has 0 atom stereocenters. The molecule has 0 spiro atoms. The predicted molar refractivity (Wildman–Crippen MR) is 65.5 cm³/mol. The van der Waals surface area contributed by atoms with Crippen LogP contribution in [0.25, 0.3) is 10.9 Å². The van der Waals surface area contributed by atoms with Gasteiger partial charge in [0.1, 0.15) is 5.69 Å². The number of carbonyl (C=O) groups excluding carboxylic acids is 1. The molecule has 1 saturated carbocycles. The first kappa shape index (κ1) is 10.0. The van der Waals surface area contributed by atoms with E-state index in [1.165, 1.54) is 0 Å². The molecule has 1 aliphatic rings. The summed E-state index contributed by atoms with van der Waals surface area (Å²) in [6, 6.07) is 5.92. The van der Waals surface area contributed by atoms with E-state index >= 15 is 0 Å². The fourth-order valence-corrected chi connectivity index (χ4v) is 2.32. The number of aryl methyl sites for hydroxylation is 1. The number of halogens is 1. The number of carbonyl (C=O) groups is 1. The Labute approximate surface area is 102 Å². The van der Waals surface area contributed by atoms with Gasteiger partial charge in [-0.05, 0) is 31.0 Å². The molecule has 16 heavy (non-hydrogen) atoms. The van der Waals surface area contributed by atoms with Gasteiger partial charge in [-0.1, -0.05) is 15.9 Å². The second-order valence-electron chi connectivity index (χ2n) is 4.27. The van der Waals surface area contributed by atoms with Crippen LogP contribution in [0.5, 0.6) is 0 Å². The Balaban J connectivity index is 2.23. The maximum absolute atomic E-state index is 12.1. The van der Waals surface area contributed by atoms with Gasteiger partial charge in [-0.3, -0.25) is 9.48 Å². The smallest absolute Gasteiger partial charge is 0.186 e. The zero-order valence-electron chi connectivity index (χ0n) is 8.90. The van der Waals surface area contributed by atoms with Gasteiger partial charge in [0.05, 0.1) is 5.52 Å². The molecular weight excluding hydrogens is 268 g/mol. The molecule has 0 unspecified atom stereocenters. The maximum atomic E-state index is 12.1. The van der Waals surface area contributed by atoms with Crippen LogP contribution in [0.15, 0.2) is 22.7 Å². The van der Waals surface area contributed by atoms with Crippen molar-refractivity contribution >= 4 is 32.6 Å². The van der Waals surface area contributed by atoms with Crippen LogP contribution in [0.2, 0.25) is 0 Å². The minimum atomic E-state index is 0.198. The van der Waals surface area contributed by atoms with E-state index in [0.29, 0.717) is 5.69 Å². The van der Waals surface area contributed by atoms with Crippen molar-refractivity contribution in [3.8, 4) is 0 Å². The van der Waals surface area contributed by atoms with E-state index in [0.717, 1.165) is 28.2 Å². The summed E-state index contributed by atoms with van der Waals surface area (Å²) in [6.07, 6.45) is 2.04. The van der Waals surface area contributed by atoms with Crippen LogP contribution in [-0.4, -0.2) is 15.6 Å². The molecule has 1 aromatic heterocycles. The number of ketones is 1. The molecule has 0 amide bonds. The van der Waals surface area contributed by atoms with Crippen molar-refractivity contribution in [3.05, 3.63) is 28.4 Å². The zero-order chi connectivity index (χ0) is 11.3. The van der Waals surface area contributed by atoms with Crippen LogP contribution < -0.4 is 0 Å². The number of fused-ring (bicyclic) bond motifs is 1. The Kier molecular flexibility index (Phi) is 2.14. The zero-order valence-corrected chi connectivity index (χ0v) is 10.5. The predicted octanol–water partition coefficient (Wildman–Crippen LogP) is 2.93. The lowest BCUT2D eigenvalue weighted by atomic mass is 10.1. The molecule has 0 radical (unpaired) electrons. The summed E-state index contributed by atoms with van der Waals surface area (Å²) in [4.78, 5) is 12.1. The summed E-state index contributed by atoms with van der Waals surface area (Å²) < 4.78 is 2.76. The van der Waals surface area contributed by atoms with Crippen LogP contribution >= 0.6 is 15.9 Å². The van der Waals surface area contributed by atoms with Gasteiger partial charge in [0.25, 0.3) is 0 Å². The average Bonchev–Trinajstić information content (AvgIpc) is 3.04. The Morgan fingerprint density at radius 2 is 2.25 bits per heavy atom. The molecule has 3 rings (SSSR count). The lowest BCUT2D eigenvalue weighted by Crippen LogP contribution is -2.03. The summed E-state index contributed by atoms with van der Waals surface area (Å²) in [6.45, 7) is 0. The van der Waals surface area contributed by atoms with Crippen molar-refractivity contribution in [1.29, 1.82) is 0 Å². The minimum absolute atomic E-state index is 0.198. The van der Waals surface area contributed by atoms with Crippen LogP contribution in [0.1, 0.15) is 23.3 Å². The van der Waals surface area contributed by atoms with E-state index in [9.17, 15) is 4.79 Å². The Morgan fingerprint density at radius 3 is 2.94 bits per heavy atom. The molecule has 4 heteroatoms. The first-order chi connectivity index (χ1) is 7.66. The van der Waals surface area contributed by atoms with E-state index in [1.54, 1.807) is 4.68 Å². The molecule has 2 aromatic rings. The summed E-state index contributed by atoms with van der Waals surface area (Å²) in [5.74, 6) is 0.417. The molecular formula is C12H11BrN2O. The standard InChI is InChI=1S/C12H11BrN2O/c1-15-10-5-4-8(13)6-9(10)11(14-15)12(16)7-2-3-7/h4-7H,2-3H2,1H3. The highest BCUT2D eigenvalue weighted by atomic mass is 79.9. The molecule has 0 saturated heterocycles. The first-order valence-corrected chi connectivity index (χ1v) is 6.12. The van der Waals surface area contributed by atoms with Crippen molar-refractivity contribution in [3.63, 3.8) is 0 Å². The van der Waals surface area contributed by atoms with Crippen molar-refractivity contribution < 1.29 is 4.79 Å². The Morgan fingerprint density at radius 1 is 1.50 bits per heavy atom. The highest BCUT2D eigenvalue weighted by Crippen LogP contribution is 2.34. The maximum Gasteiger partial charge on any atom is 0.186 e. The molecule has 3 nitrogen and oxygen atoms in total. The van der Waals surface area contributed by atoms with Gasteiger partial charge in [-0.2, -0.15) is 5.10 Å². The van der Waals surface area contributed by atoms with Crippen LogP contribution in [0.3, 0.4) is 0 Å². The van der Waals surface area contributed by atoms with Gasteiger partial charge in [-0.15, -0.1) is 0 Å². The average molecular weight is 279 g/mol. The third kappa shape index (κ3) is 1.48. The van der Waals surface area contributed by atoms with Crippen LogP contribution in [-0.2, 0) is 7.05 Å². The quantitative estimate of drug-likeness (QED) is 0.792. The van der Waals surface area contributed by atoms with Gasteiger partial charge >= 0.3 is 0 Å². The Hall–Kier alpha value is -1.16. The molecule has 1 aromatic carbocycles.